The molecule has 0 N–H and O–H groups in total. The summed E-state index contributed by atoms with van der Waals surface area (Å²) in [6.07, 6.45) is 0.846. The average Bonchev–Trinajstić information content (AvgIpc) is 3.12. The maximum Gasteiger partial charge on any atom is 0.326 e. The van der Waals surface area contributed by atoms with Crippen molar-refractivity contribution < 1.29 is 28.7 Å². The molecule has 0 atom stereocenters. The molecule has 2 aliphatic rings. The first-order valence-corrected chi connectivity index (χ1v) is 8.39. The van der Waals surface area contributed by atoms with Crippen LogP contribution >= 0.6 is 23.2 Å². The largest absolute Gasteiger partial charge is 0.454 e. The van der Waals surface area contributed by atoms with Gasteiger partial charge in [0.25, 0.3) is 17.7 Å². The molecule has 1 saturated heterocycles. The first-order valence-electron chi connectivity index (χ1n) is 7.63. The van der Waals surface area contributed by atoms with Gasteiger partial charge in [-0.1, -0.05) is 23.2 Å². The van der Waals surface area contributed by atoms with Gasteiger partial charge in [0.05, 0.1) is 21.2 Å². The Morgan fingerprint density at radius 2 is 1.62 bits per heavy atom. The first kappa shape index (κ1) is 18.3. The van der Waals surface area contributed by atoms with Gasteiger partial charge in [0, 0.05) is 13.0 Å². The molecule has 26 heavy (non-hydrogen) atoms. The Balaban J connectivity index is 1.61. The van der Waals surface area contributed by atoms with Crippen LogP contribution in [0.2, 0.25) is 10.0 Å². The fourth-order valence-corrected chi connectivity index (χ4v) is 3.06. The van der Waals surface area contributed by atoms with Gasteiger partial charge in [0.1, 0.15) is 6.54 Å². The lowest BCUT2D eigenvalue weighted by atomic mass is 10.1. The van der Waals surface area contributed by atoms with Crippen molar-refractivity contribution in [1.82, 2.24) is 9.80 Å². The summed E-state index contributed by atoms with van der Waals surface area (Å²) in [5, 5.41) is 0.216. The van der Waals surface area contributed by atoms with Crippen molar-refractivity contribution in [3.8, 4) is 0 Å². The monoisotopic (exact) mass is 398 g/mol. The molecule has 2 aliphatic heterocycles. The normalized spacial score (nSPS) is 16.3. The van der Waals surface area contributed by atoms with E-state index in [-0.39, 0.29) is 40.0 Å². The summed E-state index contributed by atoms with van der Waals surface area (Å²) in [5.41, 5.74) is 0.0758. The van der Waals surface area contributed by atoms with Crippen molar-refractivity contribution in [2.75, 3.05) is 19.7 Å². The third-order valence-corrected chi connectivity index (χ3v) is 4.75. The number of rotatable bonds is 4. The van der Waals surface area contributed by atoms with Crippen molar-refractivity contribution >= 4 is 52.8 Å². The van der Waals surface area contributed by atoms with Crippen LogP contribution in [0.15, 0.2) is 12.1 Å². The van der Waals surface area contributed by atoms with E-state index in [0.29, 0.717) is 11.3 Å². The molecule has 136 valence electrons. The quantitative estimate of drug-likeness (QED) is 0.559. The zero-order chi connectivity index (χ0) is 19.0. The number of carbonyl (C=O) groups is 5. The van der Waals surface area contributed by atoms with E-state index in [1.807, 2.05) is 0 Å². The van der Waals surface area contributed by atoms with E-state index in [0.717, 1.165) is 4.90 Å². The van der Waals surface area contributed by atoms with E-state index in [9.17, 15) is 24.0 Å². The number of benzene rings is 1. The lowest BCUT2D eigenvalue weighted by Crippen LogP contribution is -2.38. The molecule has 1 aromatic rings. The molecule has 2 heterocycles. The molecule has 0 aliphatic carbocycles. The number of carbonyl (C=O) groups excluding carboxylic acids is 5. The predicted molar refractivity (Wildman–Crippen MR) is 88.7 cm³/mol. The molecule has 8 nitrogen and oxygen atoms in total. The molecule has 0 spiro atoms. The predicted octanol–water partition coefficient (Wildman–Crippen LogP) is 1.28. The second kappa shape index (κ2) is 7.05. The highest BCUT2D eigenvalue weighted by Crippen LogP contribution is 2.31. The molecule has 0 saturated carbocycles. The zero-order valence-corrected chi connectivity index (χ0v) is 14.8. The van der Waals surface area contributed by atoms with E-state index in [2.05, 4.69) is 0 Å². The number of halogens is 2. The van der Waals surface area contributed by atoms with Crippen LogP contribution in [0.4, 0.5) is 0 Å². The van der Waals surface area contributed by atoms with Crippen LogP contribution in [-0.2, 0) is 19.1 Å². The maximum atomic E-state index is 12.3. The third kappa shape index (κ3) is 3.30. The topological polar surface area (TPSA) is 101 Å². The second-order valence-corrected chi connectivity index (χ2v) is 6.53. The fourth-order valence-electron chi connectivity index (χ4n) is 2.73. The van der Waals surface area contributed by atoms with Crippen molar-refractivity contribution in [3.63, 3.8) is 0 Å². The van der Waals surface area contributed by atoms with Gasteiger partial charge in [-0.2, -0.15) is 0 Å². The SMILES string of the molecule is O=C(CN1C(=O)c2cc(Cl)c(Cl)cc2C1=O)OCC(=O)N1CCCC1=O. The van der Waals surface area contributed by atoms with Crippen LogP contribution in [0, 0.1) is 0 Å². The van der Waals surface area contributed by atoms with Crippen LogP contribution in [0.25, 0.3) is 0 Å². The molecular weight excluding hydrogens is 387 g/mol. The Morgan fingerprint density at radius 1 is 1.04 bits per heavy atom. The zero-order valence-electron chi connectivity index (χ0n) is 13.3. The number of imide groups is 2. The van der Waals surface area contributed by atoms with Crippen LogP contribution in [0.5, 0.6) is 0 Å². The van der Waals surface area contributed by atoms with Gasteiger partial charge in [0.2, 0.25) is 5.91 Å². The van der Waals surface area contributed by atoms with Gasteiger partial charge >= 0.3 is 5.97 Å². The van der Waals surface area contributed by atoms with Gasteiger partial charge in [-0.05, 0) is 18.6 Å². The molecule has 10 heteroatoms. The van der Waals surface area contributed by atoms with Gasteiger partial charge in [-0.25, -0.2) is 0 Å². The van der Waals surface area contributed by atoms with Crippen LogP contribution < -0.4 is 0 Å². The summed E-state index contributed by atoms with van der Waals surface area (Å²) in [7, 11) is 0. The van der Waals surface area contributed by atoms with Crippen LogP contribution in [-0.4, -0.2) is 59.1 Å². The van der Waals surface area contributed by atoms with Crippen LogP contribution in [0.3, 0.4) is 0 Å². The molecule has 1 aromatic carbocycles. The number of esters is 1. The minimum atomic E-state index is -0.948. The molecule has 0 bridgehead atoms. The summed E-state index contributed by atoms with van der Waals surface area (Å²) < 4.78 is 4.79. The lowest BCUT2D eigenvalue weighted by molar-refractivity contribution is -0.154. The molecule has 4 amide bonds. The summed E-state index contributed by atoms with van der Waals surface area (Å²) in [5.74, 6) is -3.32. The minimum Gasteiger partial charge on any atom is -0.454 e. The molecule has 1 fully saturated rings. The van der Waals surface area contributed by atoms with Crippen molar-refractivity contribution in [2.24, 2.45) is 0 Å². The number of hydrogen-bond donors (Lipinski definition) is 0. The summed E-state index contributed by atoms with van der Waals surface area (Å²) in [6.45, 7) is -1.01. The van der Waals surface area contributed by atoms with E-state index in [1.54, 1.807) is 0 Å². The van der Waals surface area contributed by atoms with Crippen LogP contribution in [0.1, 0.15) is 33.6 Å². The van der Waals surface area contributed by atoms with Gasteiger partial charge in [0.15, 0.2) is 6.61 Å². The first-order chi connectivity index (χ1) is 12.3. The summed E-state index contributed by atoms with van der Waals surface area (Å²) in [6, 6.07) is 2.51. The van der Waals surface area contributed by atoms with Gasteiger partial charge < -0.3 is 4.74 Å². The second-order valence-electron chi connectivity index (χ2n) is 5.71. The number of hydrogen-bond acceptors (Lipinski definition) is 6. The van der Waals surface area contributed by atoms with Crippen molar-refractivity contribution in [1.29, 1.82) is 0 Å². The molecular formula is C16H12Cl2N2O6. The van der Waals surface area contributed by atoms with E-state index < -0.39 is 36.8 Å². The Labute approximate surface area is 157 Å². The molecule has 0 unspecified atom stereocenters. The van der Waals surface area contributed by atoms with E-state index in [1.165, 1.54) is 12.1 Å². The highest BCUT2D eigenvalue weighted by Gasteiger charge is 2.38. The highest BCUT2D eigenvalue weighted by molar-refractivity contribution is 6.43. The molecule has 0 radical (unpaired) electrons. The van der Waals surface area contributed by atoms with Gasteiger partial charge in [-0.15, -0.1) is 0 Å². The number of fused-ring (bicyclic) bond motifs is 1. The average molecular weight is 399 g/mol. The smallest absolute Gasteiger partial charge is 0.326 e. The lowest BCUT2D eigenvalue weighted by Gasteiger charge is -2.15. The summed E-state index contributed by atoms with van der Waals surface area (Å²) >= 11 is 11.7. The number of nitrogens with zero attached hydrogens (tertiary/aromatic N) is 2. The minimum absolute atomic E-state index is 0.0379. The van der Waals surface area contributed by atoms with Crippen molar-refractivity contribution in [2.45, 2.75) is 12.8 Å². The van der Waals surface area contributed by atoms with E-state index in [4.69, 9.17) is 27.9 Å². The summed E-state index contributed by atoms with van der Waals surface area (Å²) in [4.78, 5) is 61.4. The molecule has 0 aromatic heterocycles. The Kier molecular flexibility index (Phi) is 4.97. The maximum absolute atomic E-state index is 12.3. The highest BCUT2D eigenvalue weighted by atomic mass is 35.5. The third-order valence-electron chi connectivity index (χ3n) is 4.03. The molecule has 3 rings (SSSR count). The standard InChI is InChI=1S/C16H12Cl2N2O6/c17-10-4-8-9(5-11(10)18)16(25)20(15(8)24)6-14(23)26-7-13(22)19-3-1-2-12(19)21/h4-5H,1-3,6-7H2. The van der Waals surface area contributed by atoms with Crippen molar-refractivity contribution in [3.05, 3.63) is 33.3 Å². The Morgan fingerprint density at radius 3 is 2.12 bits per heavy atom. The van der Waals surface area contributed by atoms with Gasteiger partial charge in [-0.3, -0.25) is 33.8 Å². The number of amides is 4. The number of likely N-dealkylation sites (tertiary alicyclic amines) is 1. The number of ether oxygens (including phenoxy) is 1. The fraction of sp³-hybridized carbons (Fsp3) is 0.312. The Bertz CT molecular complexity index is 812. The Hall–Kier alpha value is -2.45. The van der Waals surface area contributed by atoms with E-state index >= 15 is 0 Å².